The molecule has 37 heavy (non-hydrogen) atoms. The highest BCUT2D eigenvalue weighted by molar-refractivity contribution is 8.12. The normalized spacial score (nSPS) is 17.7. The van der Waals surface area contributed by atoms with Gasteiger partial charge in [-0.1, -0.05) is 35.0 Å². The number of nitrogens with zero attached hydrogens (tertiary/aromatic N) is 3. The van der Waals surface area contributed by atoms with Gasteiger partial charge in [-0.15, -0.1) is 11.8 Å². The van der Waals surface area contributed by atoms with Crippen LogP contribution in [0, 0.1) is 5.82 Å². The highest BCUT2D eigenvalue weighted by Crippen LogP contribution is 2.31. The van der Waals surface area contributed by atoms with Crippen molar-refractivity contribution >= 4 is 75.3 Å². The standard InChI is InChI=1S/C24H25Cl2FN4O4S2/c1-36-23(33)28-12-17-13-31(24(34)35-17)16-3-5-20(19(27)11-16)29-6-8-30(9-7-29)22(32)14-37-21-10-15(25)2-4-18(21)26/h2-5,10-11,17H,6-9,12-14H2,1H3,(H,28,33)/t17-/m0/s1. The van der Waals surface area contributed by atoms with E-state index in [0.717, 1.165) is 16.7 Å². The van der Waals surface area contributed by atoms with Gasteiger partial charge in [0, 0.05) is 36.1 Å². The van der Waals surface area contributed by atoms with Gasteiger partial charge in [-0.2, -0.15) is 0 Å². The van der Waals surface area contributed by atoms with Crippen molar-refractivity contribution in [3.8, 4) is 0 Å². The molecule has 2 aromatic rings. The van der Waals surface area contributed by atoms with E-state index in [0.29, 0.717) is 47.6 Å². The van der Waals surface area contributed by atoms with Gasteiger partial charge >= 0.3 is 6.09 Å². The number of hydrogen-bond donors (Lipinski definition) is 1. The van der Waals surface area contributed by atoms with Crippen LogP contribution in [-0.2, 0) is 9.53 Å². The predicted molar refractivity (Wildman–Crippen MR) is 147 cm³/mol. The van der Waals surface area contributed by atoms with Gasteiger partial charge in [0.25, 0.3) is 5.24 Å². The summed E-state index contributed by atoms with van der Waals surface area (Å²) in [5.74, 6) is -0.250. The molecule has 2 saturated heterocycles. The molecule has 2 fully saturated rings. The second-order valence-corrected chi connectivity index (χ2v) is 11.0. The molecule has 0 saturated carbocycles. The van der Waals surface area contributed by atoms with E-state index in [-0.39, 0.29) is 30.0 Å². The Hall–Kier alpha value is -2.34. The third-order valence-corrected chi connectivity index (χ3v) is 8.23. The van der Waals surface area contributed by atoms with Crippen LogP contribution in [-0.4, -0.2) is 79.5 Å². The molecular formula is C24H25Cl2FN4O4S2. The molecule has 0 aromatic heterocycles. The molecule has 2 aliphatic rings. The van der Waals surface area contributed by atoms with Gasteiger partial charge in [0.2, 0.25) is 5.91 Å². The van der Waals surface area contributed by atoms with Crippen LogP contribution in [0.4, 0.5) is 25.4 Å². The lowest BCUT2D eigenvalue weighted by molar-refractivity contribution is -0.128. The van der Waals surface area contributed by atoms with Gasteiger partial charge in [-0.05, 0) is 42.7 Å². The number of anilines is 2. The first-order chi connectivity index (χ1) is 17.7. The van der Waals surface area contributed by atoms with Crippen LogP contribution >= 0.6 is 46.7 Å². The number of nitrogens with one attached hydrogen (secondary N) is 1. The molecular weight excluding hydrogens is 562 g/mol. The van der Waals surface area contributed by atoms with Gasteiger partial charge < -0.3 is 19.9 Å². The second-order valence-electron chi connectivity index (χ2n) is 8.36. The largest absolute Gasteiger partial charge is 0.442 e. The van der Waals surface area contributed by atoms with Crippen molar-refractivity contribution in [2.45, 2.75) is 11.0 Å². The summed E-state index contributed by atoms with van der Waals surface area (Å²) in [4.78, 5) is 42.1. The highest BCUT2D eigenvalue weighted by atomic mass is 35.5. The van der Waals surface area contributed by atoms with Crippen molar-refractivity contribution in [3.63, 3.8) is 0 Å². The number of ether oxygens (including phenoxy) is 1. The van der Waals surface area contributed by atoms with Crippen molar-refractivity contribution in [2.75, 3.05) is 61.1 Å². The van der Waals surface area contributed by atoms with E-state index in [1.807, 2.05) is 4.90 Å². The van der Waals surface area contributed by atoms with E-state index in [2.05, 4.69) is 5.32 Å². The van der Waals surface area contributed by atoms with E-state index in [1.54, 1.807) is 41.5 Å². The number of thioether (sulfide) groups is 2. The topological polar surface area (TPSA) is 82.2 Å². The molecule has 0 aliphatic carbocycles. The first kappa shape index (κ1) is 27.7. The number of benzene rings is 2. The molecule has 1 atom stereocenters. The Bertz CT molecular complexity index is 1180. The molecule has 2 aliphatic heterocycles. The monoisotopic (exact) mass is 586 g/mol. The Morgan fingerprint density at radius 2 is 1.89 bits per heavy atom. The maximum Gasteiger partial charge on any atom is 0.414 e. The van der Waals surface area contributed by atoms with E-state index < -0.39 is 18.0 Å². The number of hydrogen-bond acceptors (Lipinski definition) is 7. The van der Waals surface area contributed by atoms with Crippen LogP contribution in [0.25, 0.3) is 0 Å². The van der Waals surface area contributed by atoms with Gasteiger partial charge in [0.15, 0.2) is 0 Å². The maximum absolute atomic E-state index is 15.1. The predicted octanol–water partition coefficient (Wildman–Crippen LogP) is 4.97. The second kappa shape index (κ2) is 12.5. The van der Waals surface area contributed by atoms with Crippen molar-refractivity contribution in [1.29, 1.82) is 0 Å². The molecule has 2 heterocycles. The zero-order chi connectivity index (χ0) is 26.5. The summed E-state index contributed by atoms with van der Waals surface area (Å²) >= 11 is 14.6. The highest BCUT2D eigenvalue weighted by Gasteiger charge is 2.33. The van der Waals surface area contributed by atoms with Gasteiger partial charge in [-0.25, -0.2) is 9.18 Å². The number of carbonyl (C=O) groups is 3. The third-order valence-electron chi connectivity index (χ3n) is 5.99. The van der Waals surface area contributed by atoms with Crippen LogP contribution in [0.1, 0.15) is 0 Å². The number of cyclic esters (lactones) is 1. The molecule has 198 valence electrons. The average molecular weight is 588 g/mol. The van der Waals surface area contributed by atoms with E-state index in [1.165, 1.54) is 22.7 Å². The van der Waals surface area contributed by atoms with Crippen LogP contribution in [0.15, 0.2) is 41.3 Å². The fourth-order valence-corrected chi connectivity index (χ4v) is 5.67. The molecule has 2 aromatic carbocycles. The zero-order valence-corrected chi connectivity index (χ0v) is 23.1. The molecule has 1 N–H and O–H groups in total. The fraction of sp³-hybridized carbons (Fsp3) is 0.375. The van der Waals surface area contributed by atoms with Crippen LogP contribution in [0.5, 0.6) is 0 Å². The lowest BCUT2D eigenvalue weighted by Gasteiger charge is -2.36. The Morgan fingerprint density at radius 3 is 2.59 bits per heavy atom. The number of piperazine rings is 1. The smallest absolute Gasteiger partial charge is 0.414 e. The maximum atomic E-state index is 15.1. The fourth-order valence-electron chi connectivity index (χ4n) is 4.04. The first-order valence-electron chi connectivity index (χ1n) is 11.4. The molecule has 8 nitrogen and oxygen atoms in total. The number of carbonyl (C=O) groups excluding carboxylic acids is 3. The Kier molecular flexibility index (Phi) is 9.33. The minimum absolute atomic E-state index is 0.0210. The molecule has 13 heteroatoms. The Balaban J connectivity index is 1.30. The first-order valence-corrected chi connectivity index (χ1v) is 14.4. The van der Waals surface area contributed by atoms with Crippen molar-refractivity contribution in [3.05, 3.63) is 52.3 Å². The third kappa shape index (κ3) is 6.95. The quantitative estimate of drug-likeness (QED) is 0.458. The van der Waals surface area contributed by atoms with Crippen molar-refractivity contribution in [2.24, 2.45) is 0 Å². The number of halogens is 3. The molecule has 0 spiro atoms. The van der Waals surface area contributed by atoms with Gasteiger partial charge in [0.1, 0.15) is 11.9 Å². The van der Waals surface area contributed by atoms with Crippen molar-refractivity contribution in [1.82, 2.24) is 10.2 Å². The summed E-state index contributed by atoms with van der Waals surface area (Å²) in [6.07, 6.45) is 0.562. The minimum atomic E-state index is -0.584. The summed E-state index contributed by atoms with van der Waals surface area (Å²) in [7, 11) is 0. The van der Waals surface area contributed by atoms with E-state index in [9.17, 15) is 14.4 Å². The Morgan fingerprint density at radius 1 is 1.14 bits per heavy atom. The summed E-state index contributed by atoms with van der Waals surface area (Å²) in [6.45, 7) is 2.29. The minimum Gasteiger partial charge on any atom is -0.442 e. The molecule has 0 bridgehead atoms. The van der Waals surface area contributed by atoms with Gasteiger partial charge in [-0.3, -0.25) is 14.5 Å². The van der Waals surface area contributed by atoms with E-state index in [4.69, 9.17) is 27.9 Å². The molecule has 4 rings (SSSR count). The summed E-state index contributed by atoms with van der Waals surface area (Å²) in [5.41, 5.74) is 0.794. The van der Waals surface area contributed by atoms with Crippen LogP contribution in [0.3, 0.4) is 0 Å². The zero-order valence-electron chi connectivity index (χ0n) is 19.9. The summed E-state index contributed by atoms with van der Waals surface area (Å²) in [6, 6.07) is 9.75. The number of amides is 3. The molecule has 3 amide bonds. The Labute approximate surface area is 232 Å². The summed E-state index contributed by atoms with van der Waals surface area (Å²) in [5, 5.41) is 3.55. The number of rotatable bonds is 7. The lowest BCUT2D eigenvalue weighted by atomic mass is 10.2. The molecule has 0 unspecified atom stereocenters. The average Bonchev–Trinajstić information content (AvgIpc) is 3.28. The lowest BCUT2D eigenvalue weighted by Crippen LogP contribution is -2.49. The van der Waals surface area contributed by atoms with Crippen LogP contribution in [0.2, 0.25) is 10.0 Å². The van der Waals surface area contributed by atoms with E-state index >= 15 is 4.39 Å². The van der Waals surface area contributed by atoms with Crippen LogP contribution < -0.4 is 15.1 Å². The SMILES string of the molecule is CSC(=O)NC[C@H]1CN(c2ccc(N3CCN(C(=O)CSc4cc(Cl)ccc4Cl)CC3)c(F)c2)C(=O)O1. The van der Waals surface area contributed by atoms with Gasteiger partial charge in [0.05, 0.1) is 35.2 Å². The van der Waals surface area contributed by atoms with Crippen molar-refractivity contribution < 1.29 is 23.5 Å². The summed E-state index contributed by atoms with van der Waals surface area (Å²) < 4.78 is 20.3. The molecule has 0 radical (unpaired) electrons.